The van der Waals surface area contributed by atoms with Crippen molar-refractivity contribution in [2.24, 2.45) is 0 Å². The van der Waals surface area contributed by atoms with E-state index >= 15 is 0 Å². The first-order chi connectivity index (χ1) is 18.5. The number of methoxy groups -OCH3 is 1. The number of hydroxylamine groups is 1. The Labute approximate surface area is 231 Å². The fourth-order valence-electron chi connectivity index (χ4n) is 4.20. The summed E-state index contributed by atoms with van der Waals surface area (Å²) in [6, 6.07) is 14.3. The minimum Gasteiger partial charge on any atom is -0.468 e. The number of ether oxygens (including phenoxy) is 3. The molecule has 11 heteroatoms. The van der Waals surface area contributed by atoms with Crippen LogP contribution >= 0.6 is 0 Å². The summed E-state index contributed by atoms with van der Waals surface area (Å²) in [6.45, 7) is 4.86. The van der Waals surface area contributed by atoms with Gasteiger partial charge in [0.15, 0.2) is 6.79 Å². The van der Waals surface area contributed by atoms with Crippen molar-refractivity contribution in [1.29, 1.82) is 0 Å². The van der Waals surface area contributed by atoms with Gasteiger partial charge in [-0.25, -0.2) is 13.2 Å². The number of hydrogen-bond donors (Lipinski definition) is 2. The number of sulfonamides is 1. The van der Waals surface area contributed by atoms with Gasteiger partial charge >= 0.3 is 6.09 Å². The van der Waals surface area contributed by atoms with Gasteiger partial charge in [-0.1, -0.05) is 47.6 Å². The molecule has 0 saturated heterocycles. The van der Waals surface area contributed by atoms with Gasteiger partial charge in [0.1, 0.15) is 11.4 Å². The third kappa shape index (κ3) is 9.77. The molecule has 1 amide bonds. The lowest BCUT2D eigenvalue weighted by atomic mass is 10.0. The van der Waals surface area contributed by atoms with Crippen LogP contribution < -0.4 is 10.1 Å². The molecule has 2 N–H and O–H groups in total. The van der Waals surface area contributed by atoms with Gasteiger partial charge in [-0.05, 0) is 69.9 Å². The molecule has 2 aromatic rings. The average Bonchev–Trinajstić information content (AvgIpc) is 3.39. The number of benzene rings is 2. The van der Waals surface area contributed by atoms with Crippen molar-refractivity contribution in [2.45, 2.75) is 81.6 Å². The maximum Gasteiger partial charge on any atom is 0.407 e. The Morgan fingerprint density at radius 2 is 1.72 bits per heavy atom. The number of hydrogen-bond acceptors (Lipinski definition) is 8. The molecule has 0 unspecified atom stereocenters. The second kappa shape index (κ2) is 14.1. The van der Waals surface area contributed by atoms with Crippen LogP contribution in [0.15, 0.2) is 59.5 Å². The summed E-state index contributed by atoms with van der Waals surface area (Å²) >= 11 is 0. The van der Waals surface area contributed by atoms with Crippen LogP contribution in [0.4, 0.5) is 4.79 Å². The number of nitrogens with one attached hydrogen (secondary N) is 1. The molecule has 39 heavy (non-hydrogen) atoms. The van der Waals surface area contributed by atoms with Crippen LogP contribution in [0.5, 0.6) is 5.75 Å². The van der Waals surface area contributed by atoms with Crippen LogP contribution in [-0.2, 0) is 30.8 Å². The Hall–Kier alpha value is -2.70. The zero-order valence-electron chi connectivity index (χ0n) is 23.0. The molecule has 1 aliphatic carbocycles. The quantitative estimate of drug-likeness (QED) is 0.276. The largest absolute Gasteiger partial charge is 0.468 e. The van der Waals surface area contributed by atoms with E-state index in [0.717, 1.165) is 35.7 Å². The highest BCUT2D eigenvalue weighted by Gasteiger charge is 2.35. The summed E-state index contributed by atoms with van der Waals surface area (Å²) in [5.41, 5.74) is 0.113. The minimum atomic E-state index is -4.16. The molecule has 216 valence electrons. The lowest BCUT2D eigenvalue weighted by Crippen LogP contribution is -2.51. The van der Waals surface area contributed by atoms with Crippen LogP contribution in [0, 0.1) is 0 Å². The van der Waals surface area contributed by atoms with Crippen molar-refractivity contribution in [1.82, 2.24) is 9.79 Å². The molecule has 2 atom stereocenters. The van der Waals surface area contributed by atoms with E-state index in [9.17, 15) is 18.3 Å². The molecule has 0 aliphatic heterocycles. The molecule has 1 aliphatic rings. The van der Waals surface area contributed by atoms with Crippen LogP contribution in [0.1, 0.15) is 52.0 Å². The van der Waals surface area contributed by atoms with Gasteiger partial charge in [0, 0.05) is 7.11 Å². The molecule has 0 heterocycles. The molecule has 0 aromatic heterocycles. The maximum absolute atomic E-state index is 13.7. The van der Waals surface area contributed by atoms with E-state index in [1.165, 1.54) is 31.4 Å². The molecule has 3 rings (SSSR count). The lowest BCUT2D eigenvalue weighted by molar-refractivity contribution is -0.145. The minimum absolute atomic E-state index is 0.0165. The fourth-order valence-corrected chi connectivity index (χ4v) is 5.50. The second-order valence-electron chi connectivity index (χ2n) is 10.5. The number of carbonyl (C=O) groups excluding carboxylic acids is 1. The van der Waals surface area contributed by atoms with Gasteiger partial charge in [0.2, 0.25) is 0 Å². The summed E-state index contributed by atoms with van der Waals surface area (Å²) < 4.78 is 43.9. The predicted octanol–water partition coefficient (Wildman–Crippen LogP) is 4.03. The van der Waals surface area contributed by atoms with Gasteiger partial charge in [-0.2, -0.15) is 0 Å². The van der Waals surface area contributed by atoms with Gasteiger partial charge < -0.3 is 24.6 Å². The Balaban J connectivity index is 1.84. The Kier molecular flexibility index (Phi) is 11.1. The standard InChI is InChI=1S/C28H40N2O8S/c1-28(2,3)37-27(32)29-25(18-21-10-6-5-7-11-21)26(31)19-30(38-23-12-8-9-13-23)39(33,34)24-16-14-22(15-17-24)36-20-35-4/h5-7,10-11,14-17,23,25-26,31H,8-9,12-13,18-20H2,1-4H3,(H,29,32)/t25-,26+/m0/s1. The van der Waals surface area contributed by atoms with Crippen LogP contribution in [-0.4, -0.2) is 68.4 Å². The third-order valence-electron chi connectivity index (χ3n) is 6.10. The van der Waals surface area contributed by atoms with Gasteiger partial charge in [0.05, 0.1) is 29.7 Å². The van der Waals surface area contributed by atoms with Crippen LogP contribution in [0.3, 0.4) is 0 Å². The molecule has 10 nitrogen and oxygen atoms in total. The molecule has 0 spiro atoms. The molecule has 0 bridgehead atoms. The zero-order chi connectivity index (χ0) is 28.5. The number of aliphatic hydroxyl groups excluding tert-OH is 1. The monoisotopic (exact) mass is 564 g/mol. The topological polar surface area (TPSA) is 124 Å². The zero-order valence-corrected chi connectivity index (χ0v) is 23.9. The highest BCUT2D eigenvalue weighted by atomic mass is 32.2. The van der Waals surface area contributed by atoms with Crippen molar-refractivity contribution in [3.05, 3.63) is 60.2 Å². The molecule has 1 saturated carbocycles. The lowest BCUT2D eigenvalue weighted by Gasteiger charge is -2.31. The summed E-state index contributed by atoms with van der Waals surface area (Å²) in [7, 11) is -2.67. The number of carbonyl (C=O) groups is 1. The maximum atomic E-state index is 13.7. The molecule has 1 fully saturated rings. The van der Waals surface area contributed by atoms with E-state index in [4.69, 9.17) is 19.0 Å². The first kappa shape index (κ1) is 30.8. The highest BCUT2D eigenvalue weighted by Crippen LogP contribution is 2.27. The molecule has 2 aromatic carbocycles. The molecule has 0 radical (unpaired) electrons. The summed E-state index contributed by atoms with van der Waals surface area (Å²) in [5, 5.41) is 14.0. The van der Waals surface area contributed by atoms with Gasteiger partial charge in [-0.3, -0.25) is 4.84 Å². The van der Waals surface area contributed by atoms with Gasteiger partial charge in [-0.15, -0.1) is 0 Å². The normalized spacial score (nSPS) is 16.2. The van der Waals surface area contributed by atoms with Crippen molar-refractivity contribution < 1.29 is 37.4 Å². The van der Waals surface area contributed by atoms with Crippen LogP contribution in [0.2, 0.25) is 0 Å². The van der Waals surface area contributed by atoms with Crippen molar-refractivity contribution in [2.75, 3.05) is 20.4 Å². The Morgan fingerprint density at radius 3 is 2.31 bits per heavy atom. The van der Waals surface area contributed by atoms with Gasteiger partial charge in [0.25, 0.3) is 10.0 Å². The smallest absolute Gasteiger partial charge is 0.407 e. The highest BCUT2D eigenvalue weighted by molar-refractivity contribution is 7.89. The second-order valence-corrected chi connectivity index (χ2v) is 12.4. The van der Waals surface area contributed by atoms with E-state index < -0.39 is 40.4 Å². The first-order valence-electron chi connectivity index (χ1n) is 13.1. The first-order valence-corrected chi connectivity index (χ1v) is 14.5. The average molecular weight is 565 g/mol. The number of nitrogens with zero attached hydrogens (tertiary/aromatic N) is 1. The SMILES string of the molecule is COCOc1ccc(S(=O)(=O)N(C[C@@H](O)[C@H](Cc2ccccc2)NC(=O)OC(C)(C)C)OC2CCCC2)cc1. The summed E-state index contributed by atoms with van der Waals surface area (Å²) in [4.78, 5) is 18.6. The van der Waals surface area contributed by atoms with E-state index in [1.54, 1.807) is 20.8 Å². The molecular formula is C28H40N2O8S. The van der Waals surface area contributed by atoms with E-state index in [0.29, 0.717) is 5.75 Å². The Bertz CT molecular complexity index is 1130. The summed E-state index contributed by atoms with van der Waals surface area (Å²) in [6.07, 6.45) is 1.25. The van der Waals surface area contributed by atoms with Crippen LogP contribution in [0.25, 0.3) is 0 Å². The predicted molar refractivity (Wildman–Crippen MR) is 145 cm³/mol. The number of amides is 1. The summed E-state index contributed by atoms with van der Waals surface area (Å²) in [5.74, 6) is 0.448. The Morgan fingerprint density at radius 1 is 1.08 bits per heavy atom. The number of rotatable bonds is 13. The van der Waals surface area contributed by atoms with E-state index in [1.807, 2.05) is 30.3 Å². The fraction of sp³-hybridized carbons (Fsp3) is 0.536. The number of aliphatic hydroxyl groups is 1. The van der Waals surface area contributed by atoms with Crippen molar-refractivity contribution in [3.63, 3.8) is 0 Å². The number of alkyl carbamates (subject to hydrolysis) is 1. The van der Waals surface area contributed by atoms with E-state index in [-0.39, 0.29) is 24.2 Å². The van der Waals surface area contributed by atoms with Crippen molar-refractivity contribution >= 4 is 16.1 Å². The third-order valence-corrected chi connectivity index (χ3v) is 7.74. The van der Waals surface area contributed by atoms with E-state index in [2.05, 4.69) is 5.32 Å². The van der Waals surface area contributed by atoms with Crippen molar-refractivity contribution in [3.8, 4) is 5.75 Å². The molecular weight excluding hydrogens is 524 g/mol.